The summed E-state index contributed by atoms with van der Waals surface area (Å²) in [6.07, 6.45) is 17.2. The van der Waals surface area contributed by atoms with Crippen LogP contribution >= 0.6 is 0 Å². The molecule has 0 atom stereocenters. The second-order valence-electron chi connectivity index (χ2n) is 6.17. The van der Waals surface area contributed by atoms with Crippen molar-refractivity contribution in [1.82, 2.24) is 0 Å². The van der Waals surface area contributed by atoms with E-state index in [0.29, 0.717) is 5.92 Å². The van der Waals surface area contributed by atoms with E-state index in [0.717, 1.165) is 0 Å². The summed E-state index contributed by atoms with van der Waals surface area (Å²) in [7, 11) is 0. The minimum Gasteiger partial charge on any atom is -0.167 e. The number of benzene rings is 2. The van der Waals surface area contributed by atoms with Crippen LogP contribution in [-0.4, -0.2) is 0 Å². The van der Waals surface area contributed by atoms with Gasteiger partial charge in [0.25, 0.3) is 0 Å². The number of hydrogen-bond acceptors (Lipinski definition) is 0. The minimum absolute atomic E-state index is 0.431. The van der Waals surface area contributed by atoms with E-state index >= 15 is 0 Å². The molecule has 1 heterocycles. The lowest BCUT2D eigenvalue weighted by molar-refractivity contribution is -0.595. The Labute approximate surface area is 148 Å². The summed E-state index contributed by atoms with van der Waals surface area (Å²) < 4.78 is 2.12. The van der Waals surface area contributed by atoms with Crippen LogP contribution in [0.15, 0.2) is 103 Å². The van der Waals surface area contributed by atoms with E-state index in [9.17, 15) is 0 Å². The number of rotatable bonds is 4. The monoisotopic (exact) mass is 322 g/mol. The van der Waals surface area contributed by atoms with Crippen LogP contribution in [0.1, 0.15) is 22.6 Å². The van der Waals surface area contributed by atoms with E-state index < -0.39 is 0 Å². The Kier molecular flexibility index (Phi) is 4.38. The van der Waals surface area contributed by atoms with Crippen LogP contribution in [-0.2, 0) is 0 Å². The molecule has 0 spiro atoms. The Bertz CT molecular complexity index is 902. The Morgan fingerprint density at radius 1 is 0.640 bits per heavy atom. The van der Waals surface area contributed by atoms with Gasteiger partial charge in [0.2, 0.25) is 5.69 Å². The molecule has 0 bridgehead atoms. The predicted molar refractivity (Wildman–Crippen MR) is 104 cm³/mol. The fourth-order valence-electron chi connectivity index (χ4n) is 3.00. The molecular weight excluding hydrogens is 302 g/mol. The van der Waals surface area contributed by atoms with E-state index in [2.05, 4.69) is 114 Å². The quantitative estimate of drug-likeness (QED) is 0.571. The Morgan fingerprint density at radius 3 is 1.88 bits per heavy atom. The third-order valence-corrected chi connectivity index (χ3v) is 4.45. The standard InChI is InChI=1S/C24H20N/c1-2-8-24(9-3-1)25-18-16-21(17-19-25)11-10-20-12-14-23(15-13-20)22-6-4-5-7-22/h1-19,22H/q+1/b11-10+. The highest BCUT2D eigenvalue weighted by atomic mass is 14.9. The van der Waals surface area contributed by atoms with Crippen molar-refractivity contribution < 1.29 is 4.57 Å². The highest BCUT2D eigenvalue weighted by Gasteiger charge is 2.06. The first kappa shape index (κ1) is 15.3. The van der Waals surface area contributed by atoms with Crippen molar-refractivity contribution in [2.24, 2.45) is 0 Å². The molecule has 1 heteroatoms. The van der Waals surface area contributed by atoms with Crippen LogP contribution in [0.4, 0.5) is 0 Å². The lowest BCUT2D eigenvalue weighted by Gasteiger charge is -2.05. The van der Waals surface area contributed by atoms with Crippen LogP contribution in [0.2, 0.25) is 0 Å². The van der Waals surface area contributed by atoms with Gasteiger partial charge in [-0.1, -0.05) is 78.9 Å². The van der Waals surface area contributed by atoms with E-state index in [-0.39, 0.29) is 0 Å². The lowest BCUT2D eigenvalue weighted by Crippen LogP contribution is -2.28. The van der Waals surface area contributed by atoms with Gasteiger partial charge in [-0.3, -0.25) is 0 Å². The summed E-state index contributed by atoms with van der Waals surface area (Å²) in [5.74, 6) is 0.431. The molecule has 0 aliphatic heterocycles. The maximum Gasteiger partial charge on any atom is 0.210 e. The second kappa shape index (κ2) is 7.14. The van der Waals surface area contributed by atoms with E-state index in [4.69, 9.17) is 0 Å². The molecule has 0 fully saturated rings. The van der Waals surface area contributed by atoms with E-state index in [1.807, 2.05) is 6.07 Å². The van der Waals surface area contributed by atoms with Gasteiger partial charge in [-0.25, -0.2) is 0 Å². The molecule has 25 heavy (non-hydrogen) atoms. The summed E-state index contributed by atoms with van der Waals surface area (Å²) >= 11 is 0. The third kappa shape index (κ3) is 3.67. The zero-order chi connectivity index (χ0) is 16.9. The molecule has 4 rings (SSSR count). The van der Waals surface area contributed by atoms with Crippen LogP contribution in [0.3, 0.4) is 0 Å². The fourth-order valence-corrected chi connectivity index (χ4v) is 3.00. The Morgan fingerprint density at radius 2 is 1.24 bits per heavy atom. The van der Waals surface area contributed by atoms with Gasteiger partial charge in [0.05, 0.1) is 0 Å². The largest absolute Gasteiger partial charge is 0.210 e. The lowest BCUT2D eigenvalue weighted by atomic mass is 9.99. The van der Waals surface area contributed by atoms with Crippen LogP contribution in [0.5, 0.6) is 0 Å². The summed E-state index contributed by atoms with van der Waals surface area (Å²) in [6.45, 7) is 0. The van der Waals surface area contributed by atoms with E-state index in [1.165, 1.54) is 22.4 Å². The van der Waals surface area contributed by atoms with Crippen molar-refractivity contribution in [3.8, 4) is 5.69 Å². The molecule has 1 aliphatic rings. The maximum absolute atomic E-state index is 2.22. The number of pyridine rings is 1. The second-order valence-corrected chi connectivity index (χ2v) is 6.17. The summed E-state index contributed by atoms with van der Waals surface area (Å²) in [5.41, 5.74) is 4.92. The molecule has 0 unspecified atom stereocenters. The topological polar surface area (TPSA) is 3.88 Å². The highest BCUT2D eigenvalue weighted by molar-refractivity contribution is 5.69. The fraction of sp³-hybridized carbons (Fsp3) is 0.0417. The molecule has 0 amide bonds. The van der Waals surface area contributed by atoms with Crippen LogP contribution < -0.4 is 4.57 Å². The Balaban J connectivity index is 1.46. The Hall–Kier alpha value is -3.19. The first-order valence-corrected chi connectivity index (χ1v) is 8.58. The normalized spacial score (nSPS) is 13.8. The third-order valence-electron chi connectivity index (χ3n) is 4.45. The first-order chi connectivity index (χ1) is 12.4. The summed E-state index contributed by atoms with van der Waals surface area (Å²) in [5, 5.41) is 0. The molecule has 3 aromatic rings. The van der Waals surface area contributed by atoms with Gasteiger partial charge in [-0.15, -0.1) is 0 Å². The van der Waals surface area contributed by atoms with Crippen molar-refractivity contribution in [3.63, 3.8) is 0 Å². The average molecular weight is 322 g/mol. The van der Waals surface area contributed by atoms with Crippen molar-refractivity contribution in [1.29, 1.82) is 0 Å². The molecular formula is C24H20N+. The zero-order valence-electron chi connectivity index (χ0n) is 14.0. The van der Waals surface area contributed by atoms with Gasteiger partial charge in [-0.05, 0) is 16.7 Å². The molecule has 2 aromatic carbocycles. The first-order valence-electron chi connectivity index (χ1n) is 8.58. The van der Waals surface area contributed by atoms with Crippen LogP contribution in [0, 0.1) is 0 Å². The van der Waals surface area contributed by atoms with Crippen molar-refractivity contribution in [2.75, 3.05) is 0 Å². The molecule has 1 aromatic heterocycles. The molecule has 1 aliphatic carbocycles. The number of allylic oxidation sites excluding steroid dienone is 4. The van der Waals surface area contributed by atoms with Gasteiger partial charge in [0.15, 0.2) is 12.4 Å². The SMILES string of the molecule is C1=CC(c2ccc(/C=C/c3cc[n+](-c4ccccc4)cc3)cc2)C=C1. The van der Waals surface area contributed by atoms with Gasteiger partial charge < -0.3 is 0 Å². The van der Waals surface area contributed by atoms with Gasteiger partial charge in [-0.2, -0.15) is 4.57 Å². The van der Waals surface area contributed by atoms with E-state index in [1.54, 1.807) is 0 Å². The van der Waals surface area contributed by atoms with Gasteiger partial charge in [0, 0.05) is 30.2 Å². The summed E-state index contributed by atoms with van der Waals surface area (Å²) in [6, 6.07) is 23.4. The predicted octanol–water partition coefficient (Wildman–Crippen LogP) is 5.34. The van der Waals surface area contributed by atoms with Crippen molar-refractivity contribution >= 4 is 12.2 Å². The number of nitrogens with zero attached hydrogens (tertiary/aromatic N) is 1. The average Bonchev–Trinajstić information content (AvgIpc) is 3.23. The molecule has 120 valence electrons. The molecule has 0 N–H and O–H groups in total. The van der Waals surface area contributed by atoms with Gasteiger partial charge >= 0.3 is 0 Å². The van der Waals surface area contributed by atoms with Crippen LogP contribution in [0.25, 0.3) is 17.8 Å². The molecule has 0 saturated heterocycles. The summed E-state index contributed by atoms with van der Waals surface area (Å²) in [4.78, 5) is 0. The number of aromatic nitrogens is 1. The molecule has 0 saturated carbocycles. The molecule has 1 nitrogen and oxygen atoms in total. The van der Waals surface area contributed by atoms with Crippen molar-refractivity contribution in [2.45, 2.75) is 5.92 Å². The number of para-hydroxylation sites is 1. The zero-order valence-corrected chi connectivity index (χ0v) is 14.0. The number of hydrogen-bond donors (Lipinski definition) is 0. The van der Waals surface area contributed by atoms with Crippen molar-refractivity contribution in [3.05, 3.63) is 120 Å². The highest BCUT2D eigenvalue weighted by Crippen LogP contribution is 2.23. The minimum atomic E-state index is 0.431. The molecule has 0 radical (unpaired) electrons. The van der Waals surface area contributed by atoms with Gasteiger partial charge in [0.1, 0.15) is 0 Å². The smallest absolute Gasteiger partial charge is 0.167 e. The maximum atomic E-state index is 2.22.